The van der Waals surface area contributed by atoms with Crippen molar-refractivity contribution in [2.75, 3.05) is 0 Å². The largest absolute Gasteiger partial charge is 0.318 e. The molecule has 0 radical (unpaired) electrons. The van der Waals surface area contributed by atoms with E-state index < -0.39 is 6.04 Å². The van der Waals surface area contributed by atoms with E-state index in [4.69, 9.17) is 5.73 Å². The smallest absolute Gasteiger partial charge is 0.158 e. The van der Waals surface area contributed by atoms with Gasteiger partial charge in [-0.2, -0.15) is 0 Å². The van der Waals surface area contributed by atoms with E-state index in [-0.39, 0.29) is 5.78 Å². The Hall–Kier alpha value is -1.93. The first-order chi connectivity index (χ1) is 9.49. The fourth-order valence-electron chi connectivity index (χ4n) is 2.62. The van der Waals surface area contributed by atoms with E-state index >= 15 is 0 Å². The van der Waals surface area contributed by atoms with Crippen molar-refractivity contribution in [3.63, 3.8) is 0 Å². The maximum Gasteiger partial charge on any atom is 0.158 e. The van der Waals surface area contributed by atoms with Gasteiger partial charge in [0.25, 0.3) is 0 Å². The van der Waals surface area contributed by atoms with Crippen LogP contribution in [0.15, 0.2) is 42.5 Å². The number of benzene rings is 2. The van der Waals surface area contributed by atoms with Crippen LogP contribution >= 0.6 is 0 Å². The molecular formula is C18H21NO. The van der Waals surface area contributed by atoms with Crippen molar-refractivity contribution >= 4 is 5.78 Å². The molecule has 0 fully saturated rings. The Kier molecular flexibility index (Phi) is 4.35. The van der Waals surface area contributed by atoms with Crippen LogP contribution in [0.2, 0.25) is 0 Å². The minimum Gasteiger partial charge on any atom is -0.318 e. The fraction of sp³-hybridized carbons (Fsp3) is 0.278. The quantitative estimate of drug-likeness (QED) is 0.922. The maximum atomic E-state index is 12.4. The van der Waals surface area contributed by atoms with Crippen LogP contribution in [0.25, 0.3) is 0 Å². The van der Waals surface area contributed by atoms with E-state index in [0.29, 0.717) is 6.42 Å². The van der Waals surface area contributed by atoms with Crippen LogP contribution in [0.3, 0.4) is 0 Å². The second-order valence-electron chi connectivity index (χ2n) is 5.41. The van der Waals surface area contributed by atoms with Gasteiger partial charge in [-0.05, 0) is 43.0 Å². The van der Waals surface area contributed by atoms with Crippen molar-refractivity contribution in [1.82, 2.24) is 0 Å². The summed E-state index contributed by atoms with van der Waals surface area (Å²) in [4.78, 5) is 12.4. The van der Waals surface area contributed by atoms with Crippen LogP contribution in [-0.2, 0) is 11.2 Å². The zero-order valence-electron chi connectivity index (χ0n) is 12.3. The average molecular weight is 267 g/mol. The van der Waals surface area contributed by atoms with Crippen molar-refractivity contribution in [1.29, 1.82) is 0 Å². The first-order valence-electron chi connectivity index (χ1n) is 6.89. The van der Waals surface area contributed by atoms with Gasteiger partial charge in [0.1, 0.15) is 0 Å². The van der Waals surface area contributed by atoms with Gasteiger partial charge in [0.05, 0.1) is 6.04 Å². The Morgan fingerprint density at radius 1 is 1.05 bits per heavy atom. The fourth-order valence-corrected chi connectivity index (χ4v) is 2.62. The standard InChI is InChI=1S/C18H21NO/c1-12-9-13(2)16(14(3)10-12)11-17(20)18(19)15-7-5-4-6-8-15/h4-10,18H,11,19H2,1-3H3/t18-/m1/s1. The van der Waals surface area contributed by atoms with Crippen LogP contribution in [0, 0.1) is 20.8 Å². The molecule has 2 aromatic carbocycles. The molecule has 0 aliphatic carbocycles. The number of carbonyl (C=O) groups excluding carboxylic acids is 1. The van der Waals surface area contributed by atoms with Crippen molar-refractivity contribution < 1.29 is 4.79 Å². The molecule has 0 aliphatic rings. The number of aryl methyl sites for hydroxylation is 3. The SMILES string of the molecule is Cc1cc(C)c(CC(=O)[C@H](N)c2ccccc2)c(C)c1. The minimum atomic E-state index is -0.545. The van der Waals surface area contributed by atoms with Crippen LogP contribution in [0.5, 0.6) is 0 Å². The number of hydrogen-bond donors (Lipinski definition) is 1. The lowest BCUT2D eigenvalue weighted by molar-refractivity contribution is -0.119. The topological polar surface area (TPSA) is 43.1 Å². The molecule has 20 heavy (non-hydrogen) atoms. The third-order valence-electron chi connectivity index (χ3n) is 3.70. The van der Waals surface area contributed by atoms with Crippen molar-refractivity contribution in [2.45, 2.75) is 33.2 Å². The van der Waals surface area contributed by atoms with E-state index in [1.165, 1.54) is 5.56 Å². The number of ketones is 1. The first-order valence-corrected chi connectivity index (χ1v) is 6.89. The number of rotatable bonds is 4. The molecule has 0 spiro atoms. The normalized spacial score (nSPS) is 12.2. The van der Waals surface area contributed by atoms with Gasteiger partial charge in [0, 0.05) is 6.42 Å². The number of carbonyl (C=O) groups is 1. The number of Topliss-reactive ketones (excluding diaryl/α,β-unsaturated/α-hetero) is 1. The monoisotopic (exact) mass is 267 g/mol. The predicted octanol–water partition coefficient (Wildman–Crippen LogP) is 3.42. The Labute approximate surface area is 120 Å². The molecule has 2 rings (SSSR count). The van der Waals surface area contributed by atoms with Crippen LogP contribution < -0.4 is 5.73 Å². The van der Waals surface area contributed by atoms with Gasteiger partial charge >= 0.3 is 0 Å². The highest BCUT2D eigenvalue weighted by Crippen LogP contribution is 2.20. The van der Waals surface area contributed by atoms with Crippen molar-refractivity contribution in [3.05, 3.63) is 70.3 Å². The lowest BCUT2D eigenvalue weighted by Crippen LogP contribution is -2.23. The molecule has 2 aromatic rings. The summed E-state index contributed by atoms with van der Waals surface area (Å²) < 4.78 is 0. The molecule has 0 amide bonds. The molecule has 104 valence electrons. The van der Waals surface area contributed by atoms with Gasteiger partial charge in [-0.15, -0.1) is 0 Å². The highest BCUT2D eigenvalue weighted by molar-refractivity contribution is 5.87. The lowest BCUT2D eigenvalue weighted by Gasteiger charge is -2.14. The van der Waals surface area contributed by atoms with Gasteiger partial charge < -0.3 is 5.73 Å². The third-order valence-corrected chi connectivity index (χ3v) is 3.70. The number of nitrogens with two attached hydrogens (primary N) is 1. The maximum absolute atomic E-state index is 12.4. The molecular weight excluding hydrogens is 246 g/mol. The summed E-state index contributed by atoms with van der Waals surface area (Å²) in [5, 5.41) is 0. The molecule has 0 aromatic heterocycles. The molecule has 0 unspecified atom stereocenters. The van der Waals surface area contributed by atoms with Crippen LogP contribution in [0.4, 0.5) is 0 Å². The summed E-state index contributed by atoms with van der Waals surface area (Å²) in [6.07, 6.45) is 0.397. The second-order valence-corrected chi connectivity index (χ2v) is 5.41. The Bertz CT molecular complexity index is 594. The second kappa shape index (κ2) is 6.02. The van der Waals surface area contributed by atoms with Gasteiger partial charge in [-0.25, -0.2) is 0 Å². The molecule has 0 saturated heterocycles. The van der Waals surface area contributed by atoms with Crippen molar-refractivity contribution in [3.8, 4) is 0 Å². The third kappa shape index (κ3) is 3.14. The Morgan fingerprint density at radius 2 is 1.60 bits per heavy atom. The predicted molar refractivity (Wildman–Crippen MR) is 82.7 cm³/mol. The summed E-state index contributed by atoms with van der Waals surface area (Å²) in [6, 6.07) is 13.2. The Morgan fingerprint density at radius 3 is 2.15 bits per heavy atom. The highest BCUT2D eigenvalue weighted by Gasteiger charge is 2.17. The average Bonchev–Trinajstić information content (AvgIpc) is 2.42. The van der Waals surface area contributed by atoms with E-state index in [1.807, 2.05) is 30.3 Å². The summed E-state index contributed by atoms with van der Waals surface area (Å²) in [5.41, 5.74) is 11.6. The molecule has 0 aliphatic heterocycles. The molecule has 0 saturated carbocycles. The molecule has 2 N–H and O–H groups in total. The Balaban J connectivity index is 2.20. The molecule has 0 heterocycles. The summed E-state index contributed by atoms with van der Waals surface area (Å²) in [7, 11) is 0. The first kappa shape index (κ1) is 14.5. The van der Waals surface area contributed by atoms with E-state index in [0.717, 1.165) is 22.3 Å². The van der Waals surface area contributed by atoms with E-state index in [2.05, 4.69) is 32.9 Å². The summed E-state index contributed by atoms with van der Waals surface area (Å²) in [5.74, 6) is 0.0613. The molecule has 2 heteroatoms. The minimum absolute atomic E-state index is 0.0613. The highest BCUT2D eigenvalue weighted by atomic mass is 16.1. The van der Waals surface area contributed by atoms with Gasteiger partial charge in [0.15, 0.2) is 5.78 Å². The molecule has 0 bridgehead atoms. The van der Waals surface area contributed by atoms with Gasteiger partial charge in [-0.1, -0.05) is 48.0 Å². The number of hydrogen-bond acceptors (Lipinski definition) is 2. The van der Waals surface area contributed by atoms with Crippen LogP contribution in [-0.4, -0.2) is 5.78 Å². The summed E-state index contributed by atoms with van der Waals surface area (Å²) in [6.45, 7) is 6.18. The van der Waals surface area contributed by atoms with E-state index in [1.54, 1.807) is 0 Å². The zero-order valence-corrected chi connectivity index (χ0v) is 12.3. The van der Waals surface area contributed by atoms with Gasteiger partial charge in [0.2, 0.25) is 0 Å². The van der Waals surface area contributed by atoms with Crippen molar-refractivity contribution in [2.24, 2.45) is 5.73 Å². The van der Waals surface area contributed by atoms with Gasteiger partial charge in [-0.3, -0.25) is 4.79 Å². The van der Waals surface area contributed by atoms with E-state index in [9.17, 15) is 4.79 Å². The lowest BCUT2D eigenvalue weighted by atomic mass is 9.92. The molecule has 2 nitrogen and oxygen atoms in total. The summed E-state index contributed by atoms with van der Waals surface area (Å²) >= 11 is 0. The zero-order chi connectivity index (χ0) is 14.7. The molecule has 1 atom stereocenters. The van der Waals surface area contributed by atoms with Crippen LogP contribution in [0.1, 0.15) is 33.9 Å².